The molecule has 0 bridgehead atoms. The first-order valence-electron chi connectivity index (χ1n) is 15.9. The van der Waals surface area contributed by atoms with Gasteiger partial charge in [-0.1, -0.05) is 26.8 Å². The van der Waals surface area contributed by atoms with E-state index in [1.807, 2.05) is 13.8 Å². The van der Waals surface area contributed by atoms with Crippen molar-refractivity contribution in [3.63, 3.8) is 0 Å². The molecule has 2 saturated heterocycles. The molecule has 0 aromatic rings. The normalized spacial score (nSPS) is 51.7. The second kappa shape index (κ2) is 12.5. The molecule has 43 heavy (non-hydrogen) atoms. The summed E-state index contributed by atoms with van der Waals surface area (Å²) in [6.45, 7) is 17.4. The van der Waals surface area contributed by atoms with Crippen LogP contribution in [0.4, 0.5) is 0 Å². The molecule has 16 atom stereocenters. The summed E-state index contributed by atoms with van der Waals surface area (Å²) >= 11 is 0. The molecule has 0 amide bonds. The molecule has 11 heteroatoms. The molecule has 7 N–H and O–H groups in total. The number of hydrogen-bond acceptors (Lipinski definition) is 11. The van der Waals surface area contributed by atoms with Gasteiger partial charge in [0.15, 0.2) is 12.6 Å². The van der Waals surface area contributed by atoms with Gasteiger partial charge in [-0.15, -0.1) is 6.58 Å². The van der Waals surface area contributed by atoms with Crippen LogP contribution in [0.5, 0.6) is 0 Å². The van der Waals surface area contributed by atoms with Crippen molar-refractivity contribution in [3.8, 4) is 0 Å². The third-order valence-corrected chi connectivity index (χ3v) is 11.6. The van der Waals surface area contributed by atoms with E-state index >= 15 is 0 Å². The van der Waals surface area contributed by atoms with Crippen LogP contribution in [0.2, 0.25) is 0 Å². The maximum Gasteiger partial charge on any atom is 0.187 e. The third kappa shape index (κ3) is 6.47. The van der Waals surface area contributed by atoms with Crippen molar-refractivity contribution in [2.24, 2.45) is 22.7 Å². The van der Waals surface area contributed by atoms with E-state index in [1.54, 1.807) is 13.0 Å². The molecule has 0 spiro atoms. The van der Waals surface area contributed by atoms with Crippen LogP contribution in [0, 0.1) is 22.7 Å². The van der Waals surface area contributed by atoms with Gasteiger partial charge in [0.2, 0.25) is 0 Å². The van der Waals surface area contributed by atoms with Crippen molar-refractivity contribution in [2.75, 3.05) is 0 Å². The molecule has 250 valence electrons. The Morgan fingerprint density at radius 2 is 1.42 bits per heavy atom. The minimum atomic E-state index is -1.62. The van der Waals surface area contributed by atoms with Crippen LogP contribution in [-0.4, -0.2) is 114 Å². The van der Waals surface area contributed by atoms with Gasteiger partial charge < -0.3 is 54.7 Å². The molecule has 2 saturated carbocycles. The Bertz CT molecular complexity index is 975. The van der Waals surface area contributed by atoms with Crippen LogP contribution in [0.25, 0.3) is 0 Å². The highest BCUT2D eigenvalue weighted by atomic mass is 16.8. The zero-order valence-corrected chi connectivity index (χ0v) is 26.8. The Balaban J connectivity index is 1.54. The van der Waals surface area contributed by atoms with Crippen LogP contribution in [-0.2, 0) is 18.9 Å². The first kappa shape index (κ1) is 35.2. The van der Waals surface area contributed by atoms with Gasteiger partial charge in [0.25, 0.3) is 0 Å². The van der Waals surface area contributed by atoms with Crippen LogP contribution in [0.3, 0.4) is 0 Å². The Morgan fingerprint density at radius 1 is 0.837 bits per heavy atom. The molecule has 2 heterocycles. The summed E-state index contributed by atoms with van der Waals surface area (Å²) in [7, 11) is 0. The van der Waals surface area contributed by atoms with Gasteiger partial charge in [-0.05, 0) is 88.9 Å². The molecule has 0 aromatic heterocycles. The van der Waals surface area contributed by atoms with Crippen molar-refractivity contribution in [1.82, 2.24) is 0 Å². The fraction of sp³-hybridized carbons (Fsp3) is 0.938. The van der Waals surface area contributed by atoms with E-state index in [4.69, 9.17) is 18.9 Å². The lowest BCUT2D eigenvalue weighted by Gasteiger charge is -2.62. The number of fused-ring (bicyclic) bond motifs is 1. The fourth-order valence-electron chi connectivity index (χ4n) is 8.58. The summed E-state index contributed by atoms with van der Waals surface area (Å²) in [5.74, 6) is 0.152. The second-order valence-corrected chi connectivity index (χ2v) is 15.0. The average Bonchev–Trinajstić information content (AvgIpc) is 2.92. The monoisotopic (exact) mass is 616 g/mol. The van der Waals surface area contributed by atoms with Gasteiger partial charge in [-0.2, -0.15) is 0 Å². The van der Waals surface area contributed by atoms with Gasteiger partial charge in [0, 0.05) is 0 Å². The smallest absolute Gasteiger partial charge is 0.187 e. The van der Waals surface area contributed by atoms with Crippen LogP contribution < -0.4 is 0 Å². The largest absolute Gasteiger partial charge is 0.393 e. The van der Waals surface area contributed by atoms with E-state index in [0.29, 0.717) is 25.7 Å². The van der Waals surface area contributed by atoms with Crippen LogP contribution in [0.1, 0.15) is 87.0 Å². The van der Waals surface area contributed by atoms with Crippen molar-refractivity contribution in [2.45, 2.75) is 166 Å². The van der Waals surface area contributed by atoms with Gasteiger partial charge in [-0.25, -0.2) is 0 Å². The highest BCUT2D eigenvalue weighted by Gasteiger charge is 2.60. The first-order valence-corrected chi connectivity index (χ1v) is 15.9. The van der Waals surface area contributed by atoms with E-state index < -0.39 is 72.6 Å². The molecular weight excluding hydrogens is 560 g/mol. The van der Waals surface area contributed by atoms with Gasteiger partial charge in [0.05, 0.1) is 29.5 Å². The maximum atomic E-state index is 11.7. The zero-order chi connectivity index (χ0) is 32.3. The summed E-state index contributed by atoms with van der Waals surface area (Å²) in [6.07, 6.45) is -7.70. The predicted molar refractivity (Wildman–Crippen MR) is 156 cm³/mol. The van der Waals surface area contributed by atoms with Crippen LogP contribution in [0.15, 0.2) is 12.7 Å². The van der Waals surface area contributed by atoms with Gasteiger partial charge in [0.1, 0.15) is 36.6 Å². The minimum absolute atomic E-state index is 0.0840. The molecule has 2 aliphatic carbocycles. The molecule has 2 aliphatic heterocycles. The van der Waals surface area contributed by atoms with E-state index in [-0.39, 0.29) is 28.8 Å². The summed E-state index contributed by atoms with van der Waals surface area (Å²) in [5.41, 5.74) is -2.40. The maximum absolute atomic E-state index is 11.7. The van der Waals surface area contributed by atoms with Crippen molar-refractivity contribution in [1.29, 1.82) is 0 Å². The number of rotatable bonds is 8. The van der Waals surface area contributed by atoms with E-state index in [2.05, 4.69) is 27.4 Å². The number of ether oxygens (including phenoxy) is 4. The number of aliphatic hydroxyl groups is 7. The summed E-state index contributed by atoms with van der Waals surface area (Å²) in [6, 6.07) is 0. The molecule has 4 fully saturated rings. The number of hydrogen-bond donors (Lipinski definition) is 7. The number of aliphatic hydroxyl groups excluding tert-OH is 6. The standard InChI is InChI=1S/C32H56O11/c1-9-30(6,13-10-19-31(7)14-12-20(33)29(4,5)18(31)11-15-32(19,8)39)43-28-26(24(37)22(35)17(3)41-28)42-27-25(38)23(36)21(34)16(2)40-27/h9,16-28,33-39H,1,10-15H2,2-8H3/t16-,17+,18-,19+,20-,21-,22+,23+,24-,25-,26-,27+,28+,30+,31-,32-/m1/s1. The predicted octanol–water partition coefficient (Wildman–Crippen LogP) is 1.37. The Labute approximate surface area is 255 Å². The second-order valence-electron chi connectivity index (χ2n) is 15.0. The van der Waals surface area contributed by atoms with Crippen molar-refractivity contribution >= 4 is 0 Å². The SMILES string of the molecule is C=C[C@@](C)(CC[C@H]1[C@]2(C)CC[C@@H](O)C(C)(C)[C@H]2CC[C@@]1(C)O)O[C@@H]1O[C@@H](C)[C@H](O)[C@@H](O)[C@H]1O[C@@H]1O[C@H](C)[C@@H](O)[C@H](O)[C@H]1O. The van der Waals surface area contributed by atoms with E-state index in [9.17, 15) is 35.7 Å². The fourth-order valence-corrected chi connectivity index (χ4v) is 8.58. The van der Waals surface area contributed by atoms with Gasteiger partial charge in [-0.3, -0.25) is 0 Å². The topological polar surface area (TPSA) is 179 Å². The van der Waals surface area contributed by atoms with Gasteiger partial charge >= 0.3 is 0 Å². The molecule has 4 aliphatic rings. The molecule has 0 radical (unpaired) electrons. The molecule has 0 unspecified atom stereocenters. The van der Waals surface area contributed by atoms with E-state index in [0.717, 1.165) is 12.8 Å². The summed E-state index contributed by atoms with van der Waals surface area (Å²) < 4.78 is 23.9. The highest BCUT2D eigenvalue weighted by molar-refractivity contribution is 5.10. The summed E-state index contributed by atoms with van der Waals surface area (Å²) in [4.78, 5) is 0. The van der Waals surface area contributed by atoms with Crippen molar-refractivity contribution in [3.05, 3.63) is 12.7 Å². The summed E-state index contributed by atoms with van der Waals surface area (Å²) in [5, 5.41) is 75.0. The highest BCUT2D eigenvalue weighted by Crippen LogP contribution is 2.63. The van der Waals surface area contributed by atoms with Crippen molar-refractivity contribution < 1.29 is 54.7 Å². The molecule has 0 aromatic carbocycles. The molecule has 4 rings (SSSR count). The lowest BCUT2D eigenvalue weighted by atomic mass is 9.44. The van der Waals surface area contributed by atoms with Crippen LogP contribution >= 0.6 is 0 Å². The lowest BCUT2D eigenvalue weighted by molar-refractivity contribution is -0.370. The Morgan fingerprint density at radius 3 is 2.02 bits per heavy atom. The lowest BCUT2D eigenvalue weighted by Crippen LogP contribution is -2.64. The molecular formula is C32H56O11. The Hall–Kier alpha value is -0.700. The zero-order valence-electron chi connectivity index (χ0n) is 26.8. The third-order valence-electron chi connectivity index (χ3n) is 11.6. The van der Waals surface area contributed by atoms with E-state index in [1.165, 1.54) is 6.92 Å². The quantitative estimate of drug-likeness (QED) is 0.196. The first-order chi connectivity index (χ1) is 19.8. The molecule has 11 nitrogen and oxygen atoms in total. The average molecular weight is 617 g/mol. The Kier molecular flexibility index (Phi) is 10.2. The minimum Gasteiger partial charge on any atom is -0.393 e.